The number of ketones is 1. The zero-order valence-corrected chi connectivity index (χ0v) is 25.9. The maximum Gasteiger partial charge on any atom is 0.328 e. The van der Waals surface area contributed by atoms with E-state index >= 15 is 0 Å². The van der Waals surface area contributed by atoms with E-state index in [0.717, 1.165) is 29.9 Å². The monoisotopic (exact) mass is 608 g/mol. The number of carbonyl (C=O) groups excluding carboxylic acids is 2. The van der Waals surface area contributed by atoms with Gasteiger partial charge in [-0.2, -0.15) is 0 Å². The number of hydrogen-bond acceptors (Lipinski definition) is 6. The molecular weight excluding hydrogens is 570 g/mol. The van der Waals surface area contributed by atoms with Gasteiger partial charge in [-0.1, -0.05) is 19.1 Å². The maximum atomic E-state index is 13.7. The summed E-state index contributed by atoms with van der Waals surface area (Å²) in [6.45, 7) is 9.36. The molecule has 1 atom stereocenters. The van der Waals surface area contributed by atoms with Gasteiger partial charge >= 0.3 is 7.60 Å². The Morgan fingerprint density at radius 2 is 1.72 bits per heavy atom. The van der Waals surface area contributed by atoms with E-state index in [1.807, 2.05) is 18.2 Å². The van der Waals surface area contributed by atoms with Crippen LogP contribution < -0.4 is 10.2 Å². The van der Waals surface area contributed by atoms with Crippen molar-refractivity contribution >= 4 is 35.9 Å². The predicted octanol–water partition coefficient (Wildman–Crippen LogP) is 7.69. The highest BCUT2D eigenvalue weighted by Gasteiger charge is 2.24. The second kappa shape index (κ2) is 14.1. The highest BCUT2D eigenvalue weighted by molar-refractivity contribution is 7.52. The molecule has 1 aromatic heterocycles. The molecule has 2 N–H and O–H groups in total. The smallest absolute Gasteiger partial charge is 0.328 e. The molecule has 8 nitrogen and oxygen atoms in total. The minimum atomic E-state index is -3.65. The highest BCUT2D eigenvalue weighted by atomic mass is 31.2. The molecule has 3 aromatic carbocycles. The van der Waals surface area contributed by atoms with Gasteiger partial charge in [0.25, 0.3) is 5.91 Å². The van der Waals surface area contributed by atoms with Crippen LogP contribution in [-0.4, -0.2) is 49.0 Å². The molecule has 228 valence electrons. The summed E-state index contributed by atoms with van der Waals surface area (Å²) in [6, 6.07) is 17.0. The number of nitrogens with one attached hydrogen (secondary N) is 1. The van der Waals surface area contributed by atoms with Gasteiger partial charge in [0.15, 0.2) is 5.78 Å². The standard InChI is InChI=1S/C33H38FN2O6P/c1-5-29(37)31-27-20-26(23-11-9-12-24(19-23)33(38)35-17-10-18-43(39,40)41-8-4)28(36(6-2)7-3)21-30(27)42-32(31)22-13-15-25(34)16-14-22/h9,11-16,19-21H,5-8,10,17-18H2,1-4H3,(H,35,38)(H,39,40). The minimum Gasteiger partial charge on any atom is -0.455 e. The summed E-state index contributed by atoms with van der Waals surface area (Å²) in [4.78, 5) is 38.2. The molecule has 1 amide bonds. The van der Waals surface area contributed by atoms with Crippen LogP contribution in [0, 0.1) is 5.82 Å². The fraction of sp³-hybridized carbons (Fsp3) is 0.333. The number of fused-ring (bicyclic) bond motifs is 1. The van der Waals surface area contributed by atoms with Crippen molar-refractivity contribution in [2.24, 2.45) is 0 Å². The van der Waals surface area contributed by atoms with Crippen molar-refractivity contribution < 1.29 is 32.4 Å². The zero-order chi connectivity index (χ0) is 31.1. The first-order valence-electron chi connectivity index (χ1n) is 14.6. The van der Waals surface area contributed by atoms with Crippen LogP contribution in [0.25, 0.3) is 33.4 Å². The Morgan fingerprint density at radius 3 is 2.37 bits per heavy atom. The van der Waals surface area contributed by atoms with Crippen molar-refractivity contribution in [3.8, 4) is 22.5 Å². The molecule has 0 aliphatic rings. The molecule has 0 spiro atoms. The summed E-state index contributed by atoms with van der Waals surface area (Å²) in [7, 11) is -3.65. The van der Waals surface area contributed by atoms with Crippen molar-refractivity contribution in [2.75, 3.05) is 37.3 Å². The number of rotatable bonds is 14. The van der Waals surface area contributed by atoms with Crippen LogP contribution in [0.3, 0.4) is 0 Å². The Hall–Kier alpha value is -3.78. The molecule has 43 heavy (non-hydrogen) atoms. The molecular formula is C33H38FN2O6P. The van der Waals surface area contributed by atoms with Crippen LogP contribution in [-0.2, 0) is 9.09 Å². The molecule has 0 saturated heterocycles. The number of carbonyl (C=O) groups is 2. The second-order valence-corrected chi connectivity index (χ2v) is 12.1. The molecule has 0 fully saturated rings. The van der Waals surface area contributed by atoms with Gasteiger partial charge in [0.1, 0.15) is 17.2 Å². The predicted molar refractivity (Wildman–Crippen MR) is 168 cm³/mol. The van der Waals surface area contributed by atoms with Crippen LogP contribution in [0.15, 0.2) is 65.1 Å². The molecule has 10 heteroatoms. The average Bonchev–Trinajstić information content (AvgIpc) is 3.38. The molecule has 0 aliphatic heterocycles. The molecule has 4 aromatic rings. The Labute approximate surface area is 251 Å². The third-order valence-electron chi connectivity index (χ3n) is 7.29. The maximum absolute atomic E-state index is 13.7. The lowest BCUT2D eigenvalue weighted by molar-refractivity contribution is 0.0951. The molecule has 0 bridgehead atoms. The van der Waals surface area contributed by atoms with Gasteiger partial charge in [0, 0.05) is 59.9 Å². The summed E-state index contributed by atoms with van der Waals surface area (Å²) in [5.74, 6) is -0.378. The van der Waals surface area contributed by atoms with Gasteiger partial charge in [0.05, 0.1) is 18.3 Å². The first-order chi connectivity index (χ1) is 20.6. The lowest BCUT2D eigenvalue weighted by Crippen LogP contribution is -2.25. The van der Waals surface area contributed by atoms with Crippen LogP contribution >= 0.6 is 7.60 Å². The van der Waals surface area contributed by atoms with Crippen molar-refractivity contribution in [1.82, 2.24) is 5.32 Å². The SMILES string of the molecule is CCOP(=O)(O)CCCNC(=O)c1cccc(-c2cc3c(C(=O)CC)c(-c4ccc(F)cc4)oc3cc2N(CC)CC)c1. The number of benzene rings is 3. The lowest BCUT2D eigenvalue weighted by atomic mass is 9.95. The van der Waals surface area contributed by atoms with Gasteiger partial charge in [-0.15, -0.1) is 0 Å². The number of anilines is 1. The van der Waals surface area contributed by atoms with Crippen molar-refractivity contribution in [3.05, 3.63) is 77.6 Å². The largest absolute Gasteiger partial charge is 0.455 e. The van der Waals surface area contributed by atoms with E-state index in [-0.39, 0.29) is 43.2 Å². The Bertz CT molecular complexity index is 1650. The number of furan rings is 1. The quantitative estimate of drug-likeness (QED) is 0.0858. The normalized spacial score (nSPS) is 12.7. The molecule has 0 aliphatic carbocycles. The summed E-state index contributed by atoms with van der Waals surface area (Å²) in [6.07, 6.45) is 0.521. The third-order valence-corrected chi connectivity index (χ3v) is 8.83. The zero-order valence-electron chi connectivity index (χ0n) is 25.0. The van der Waals surface area contributed by atoms with E-state index in [1.54, 1.807) is 44.2 Å². The van der Waals surface area contributed by atoms with E-state index < -0.39 is 7.60 Å². The highest BCUT2D eigenvalue weighted by Crippen LogP contribution is 2.43. The van der Waals surface area contributed by atoms with Gasteiger partial charge in [-0.3, -0.25) is 14.2 Å². The number of Topliss-reactive ketones (excluding diaryl/α,β-unsaturated/α-hetero) is 1. The van der Waals surface area contributed by atoms with Gasteiger partial charge in [0.2, 0.25) is 0 Å². The summed E-state index contributed by atoms with van der Waals surface area (Å²) in [5.41, 5.74) is 4.54. The van der Waals surface area contributed by atoms with E-state index in [4.69, 9.17) is 8.94 Å². The van der Waals surface area contributed by atoms with E-state index in [1.165, 1.54) is 12.1 Å². The Balaban J connectivity index is 1.76. The lowest BCUT2D eigenvalue weighted by Gasteiger charge is -2.24. The van der Waals surface area contributed by atoms with Gasteiger partial charge < -0.3 is 24.1 Å². The van der Waals surface area contributed by atoms with Crippen molar-refractivity contribution in [3.63, 3.8) is 0 Å². The van der Waals surface area contributed by atoms with Crippen molar-refractivity contribution in [2.45, 2.75) is 40.5 Å². The minimum absolute atomic E-state index is 0.0438. The first kappa shape index (κ1) is 32.1. The van der Waals surface area contributed by atoms with Crippen molar-refractivity contribution in [1.29, 1.82) is 0 Å². The summed E-state index contributed by atoms with van der Waals surface area (Å²) < 4.78 is 36.8. The first-order valence-corrected chi connectivity index (χ1v) is 16.4. The molecule has 1 unspecified atom stereocenters. The third kappa shape index (κ3) is 7.42. The fourth-order valence-corrected chi connectivity index (χ4v) is 6.21. The Morgan fingerprint density at radius 1 is 1.00 bits per heavy atom. The fourth-order valence-electron chi connectivity index (χ4n) is 5.12. The van der Waals surface area contributed by atoms with Crippen LogP contribution in [0.1, 0.15) is 61.3 Å². The van der Waals surface area contributed by atoms with Crippen LogP contribution in [0.2, 0.25) is 0 Å². The molecule has 4 rings (SSSR count). The molecule has 0 radical (unpaired) electrons. The Kier molecular flexibility index (Phi) is 10.6. The van der Waals surface area contributed by atoms with E-state index in [9.17, 15) is 23.4 Å². The van der Waals surface area contributed by atoms with E-state index in [2.05, 4.69) is 24.1 Å². The van der Waals surface area contributed by atoms with Gasteiger partial charge in [-0.25, -0.2) is 4.39 Å². The topological polar surface area (TPSA) is 109 Å². The number of halogens is 1. The number of amides is 1. The van der Waals surface area contributed by atoms with Crippen LogP contribution in [0.4, 0.5) is 10.1 Å². The van der Waals surface area contributed by atoms with E-state index in [0.29, 0.717) is 39.8 Å². The average molecular weight is 609 g/mol. The summed E-state index contributed by atoms with van der Waals surface area (Å²) >= 11 is 0. The van der Waals surface area contributed by atoms with Gasteiger partial charge in [-0.05, 0) is 75.2 Å². The molecule has 1 heterocycles. The number of nitrogens with zero attached hydrogens (tertiary/aromatic N) is 1. The second-order valence-electron chi connectivity index (χ2n) is 10.1. The van der Waals surface area contributed by atoms with Crippen LogP contribution in [0.5, 0.6) is 0 Å². The molecule has 0 saturated carbocycles. The summed E-state index contributed by atoms with van der Waals surface area (Å²) in [5, 5.41) is 3.46. The number of hydrogen-bond donors (Lipinski definition) is 2.